The van der Waals surface area contributed by atoms with Gasteiger partial charge in [-0.05, 0) is 44.2 Å². The van der Waals surface area contributed by atoms with E-state index in [0.717, 1.165) is 0 Å². The van der Waals surface area contributed by atoms with E-state index in [9.17, 15) is 18.0 Å². The largest absolute Gasteiger partial charge is 0.420 e. The molecule has 0 fully saturated rings. The molecular formula is C23H30N4O5S. The Labute approximate surface area is 193 Å². The Morgan fingerprint density at radius 2 is 1.67 bits per heavy atom. The van der Waals surface area contributed by atoms with Crippen molar-refractivity contribution < 1.29 is 17.6 Å². The van der Waals surface area contributed by atoms with Gasteiger partial charge >= 0.3 is 5.76 Å². The maximum Gasteiger partial charge on any atom is 0.420 e. The van der Waals surface area contributed by atoms with Crippen molar-refractivity contribution in [1.29, 1.82) is 0 Å². The van der Waals surface area contributed by atoms with Crippen molar-refractivity contribution in [3.05, 3.63) is 53.0 Å². The third-order valence-corrected chi connectivity index (χ3v) is 7.61. The number of carbonyl (C=O) groups is 1. The molecule has 0 aliphatic carbocycles. The van der Waals surface area contributed by atoms with E-state index in [1.807, 2.05) is 18.7 Å². The van der Waals surface area contributed by atoms with Gasteiger partial charge in [0.05, 0.1) is 21.8 Å². The Balaban J connectivity index is 1.99. The second-order valence-corrected chi connectivity index (χ2v) is 9.35. The fraction of sp³-hybridized carbons (Fsp3) is 0.391. The van der Waals surface area contributed by atoms with Gasteiger partial charge in [-0.3, -0.25) is 9.36 Å². The highest BCUT2D eigenvalue weighted by molar-refractivity contribution is 7.89. The van der Waals surface area contributed by atoms with Crippen molar-refractivity contribution in [2.75, 3.05) is 36.4 Å². The van der Waals surface area contributed by atoms with Crippen LogP contribution in [-0.4, -0.2) is 49.4 Å². The van der Waals surface area contributed by atoms with Crippen molar-refractivity contribution >= 4 is 38.4 Å². The van der Waals surface area contributed by atoms with E-state index in [1.165, 1.54) is 14.9 Å². The molecule has 1 amide bonds. The molecule has 178 valence electrons. The zero-order valence-corrected chi connectivity index (χ0v) is 20.2. The van der Waals surface area contributed by atoms with Gasteiger partial charge in [-0.1, -0.05) is 26.0 Å². The molecule has 0 aliphatic heterocycles. The van der Waals surface area contributed by atoms with Gasteiger partial charge < -0.3 is 14.6 Å². The predicted octanol–water partition coefficient (Wildman–Crippen LogP) is 3.11. The molecule has 0 spiro atoms. The highest BCUT2D eigenvalue weighted by Crippen LogP contribution is 2.30. The summed E-state index contributed by atoms with van der Waals surface area (Å²) in [6.45, 7) is 9.28. The van der Waals surface area contributed by atoms with Crippen molar-refractivity contribution in [1.82, 2.24) is 8.87 Å². The number of sulfonamides is 1. The summed E-state index contributed by atoms with van der Waals surface area (Å²) in [6, 6.07) is 11.6. The maximum atomic E-state index is 13.0. The number of oxazole rings is 1. The number of fused-ring (bicyclic) bond motifs is 1. The summed E-state index contributed by atoms with van der Waals surface area (Å²) in [7, 11) is -3.71. The summed E-state index contributed by atoms with van der Waals surface area (Å²) >= 11 is 0. The number of hydrogen-bond donors (Lipinski definition) is 1. The quantitative estimate of drug-likeness (QED) is 0.484. The van der Waals surface area contributed by atoms with Crippen LogP contribution in [0.5, 0.6) is 0 Å². The Morgan fingerprint density at radius 3 is 2.30 bits per heavy atom. The second kappa shape index (κ2) is 10.2. The van der Waals surface area contributed by atoms with Gasteiger partial charge in [0.1, 0.15) is 6.54 Å². The molecular weight excluding hydrogens is 444 g/mol. The number of para-hydroxylation sites is 2. The van der Waals surface area contributed by atoms with Crippen molar-refractivity contribution in [2.24, 2.45) is 0 Å². The summed E-state index contributed by atoms with van der Waals surface area (Å²) in [5, 5.41) is 2.81. The van der Waals surface area contributed by atoms with Crippen LogP contribution in [0, 0.1) is 0 Å². The minimum absolute atomic E-state index is 0.100. The number of rotatable bonds is 10. The fourth-order valence-electron chi connectivity index (χ4n) is 3.83. The standard InChI is InChI=1S/C23H30N4O5S/c1-5-25(6-2)19-14-13-17(33(30,31)26(7-3)8-4)15-18(19)24-22(28)16-27-20-11-9-10-12-21(20)32-23(27)29/h9-15H,5-8,16H2,1-4H3,(H,24,28). The van der Waals surface area contributed by atoms with E-state index >= 15 is 0 Å². The molecule has 2 aromatic carbocycles. The van der Waals surface area contributed by atoms with Crippen LogP contribution in [0.3, 0.4) is 0 Å². The lowest BCUT2D eigenvalue weighted by Crippen LogP contribution is -2.31. The number of anilines is 2. The third-order valence-electron chi connectivity index (χ3n) is 5.56. The third kappa shape index (κ3) is 4.96. The Bertz CT molecular complexity index is 1290. The molecule has 0 aliphatic rings. The van der Waals surface area contributed by atoms with E-state index in [0.29, 0.717) is 48.7 Å². The number of carbonyl (C=O) groups excluding carboxylic acids is 1. The highest BCUT2D eigenvalue weighted by atomic mass is 32.2. The minimum atomic E-state index is -3.71. The number of hydrogen-bond acceptors (Lipinski definition) is 6. The van der Waals surface area contributed by atoms with E-state index in [1.54, 1.807) is 50.2 Å². The molecule has 1 N–H and O–H groups in total. The molecule has 9 nitrogen and oxygen atoms in total. The predicted molar refractivity (Wildman–Crippen MR) is 129 cm³/mol. The van der Waals surface area contributed by atoms with Crippen molar-refractivity contribution in [2.45, 2.75) is 39.1 Å². The monoisotopic (exact) mass is 474 g/mol. The number of aromatic nitrogens is 1. The van der Waals surface area contributed by atoms with E-state index in [2.05, 4.69) is 5.32 Å². The highest BCUT2D eigenvalue weighted by Gasteiger charge is 2.24. The van der Waals surface area contributed by atoms with Gasteiger partial charge in [0.25, 0.3) is 0 Å². The summed E-state index contributed by atoms with van der Waals surface area (Å²) < 4.78 is 33.9. The van der Waals surface area contributed by atoms with Crippen LogP contribution in [0.1, 0.15) is 27.7 Å². The lowest BCUT2D eigenvalue weighted by Gasteiger charge is -2.26. The van der Waals surface area contributed by atoms with Crippen LogP contribution in [0.2, 0.25) is 0 Å². The minimum Gasteiger partial charge on any atom is -0.408 e. The lowest BCUT2D eigenvalue weighted by molar-refractivity contribution is -0.116. The van der Waals surface area contributed by atoms with Gasteiger partial charge in [0.15, 0.2) is 5.58 Å². The summed E-state index contributed by atoms with van der Waals surface area (Å²) in [6.07, 6.45) is 0. The zero-order chi connectivity index (χ0) is 24.2. The average molecular weight is 475 g/mol. The van der Waals surface area contributed by atoms with E-state index in [-0.39, 0.29) is 11.4 Å². The molecule has 0 bridgehead atoms. The number of nitrogens with zero attached hydrogens (tertiary/aromatic N) is 3. The molecule has 0 radical (unpaired) electrons. The molecule has 0 unspecified atom stereocenters. The first kappa shape index (κ1) is 24.5. The summed E-state index contributed by atoms with van der Waals surface area (Å²) in [5.74, 6) is -1.09. The number of nitrogens with one attached hydrogen (secondary N) is 1. The van der Waals surface area contributed by atoms with Gasteiger partial charge in [0, 0.05) is 26.2 Å². The maximum absolute atomic E-state index is 13.0. The molecule has 3 aromatic rings. The van der Waals surface area contributed by atoms with Crippen LogP contribution in [-0.2, 0) is 21.4 Å². The lowest BCUT2D eigenvalue weighted by atomic mass is 10.2. The molecule has 33 heavy (non-hydrogen) atoms. The van der Waals surface area contributed by atoms with Gasteiger partial charge in [-0.2, -0.15) is 4.31 Å². The topological polar surface area (TPSA) is 105 Å². The van der Waals surface area contributed by atoms with Crippen LogP contribution in [0.15, 0.2) is 56.6 Å². The van der Waals surface area contributed by atoms with Gasteiger partial charge in [-0.15, -0.1) is 0 Å². The molecule has 10 heteroatoms. The molecule has 0 saturated carbocycles. The molecule has 1 aromatic heterocycles. The Hall–Kier alpha value is -3.11. The van der Waals surface area contributed by atoms with E-state index in [4.69, 9.17) is 4.42 Å². The first-order chi connectivity index (χ1) is 15.8. The molecule has 0 atom stereocenters. The number of amides is 1. The summed E-state index contributed by atoms with van der Waals surface area (Å²) in [5.41, 5.74) is 1.99. The average Bonchev–Trinajstić information content (AvgIpc) is 3.11. The van der Waals surface area contributed by atoms with E-state index < -0.39 is 21.7 Å². The summed E-state index contributed by atoms with van der Waals surface area (Å²) in [4.78, 5) is 27.3. The first-order valence-electron chi connectivity index (χ1n) is 11.0. The smallest absolute Gasteiger partial charge is 0.408 e. The van der Waals surface area contributed by atoms with Gasteiger partial charge in [-0.25, -0.2) is 13.2 Å². The Kier molecular flexibility index (Phi) is 7.60. The van der Waals surface area contributed by atoms with Crippen LogP contribution < -0.4 is 16.0 Å². The molecule has 0 saturated heterocycles. The van der Waals surface area contributed by atoms with Crippen LogP contribution in [0.4, 0.5) is 11.4 Å². The fourth-order valence-corrected chi connectivity index (χ4v) is 5.31. The SMILES string of the molecule is CCN(CC)c1ccc(S(=O)(=O)N(CC)CC)cc1NC(=O)Cn1c(=O)oc2ccccc21. The molecule has 3 rings (SSSR count). The van der Waals surface area contributed by atoms with Crippen LogP contribution in [0.25, 0.3) is 11.1 Å². The Morgan fingerprint density at radius 1 is 1.00 bits per heavy atom. The molecule has 1 heterocycles. The van der Waals surface area contributed by atoms with Gasteiger partial charge in [0.2, 0.25) is 15.9 Å². The second-order valence-electron chi connectivity index (χ2n) is 7.41. The first-order valence-corrected chi connectivity index (χ1v) is 12.5. The zero-order valence-electron chi connectivity index (χ0n) is 19.4. The van der Waals surface area contributed by atoms with Crippen LogP contribution >= 0.6 is 0 Å². The van der Waals surface area contributed by atoms with Crippen molar-refractivity contribution in [3.63, 3.8) is 0 Å². The normalized spacial score (nSPS) is 11.8. The number of benzene rings is 2. The van der Waals surface area contributed by atoms with Crippen molar-refractivity contribution in [3.8, 4) is 0 Å².